The molecule has 6 heteroatoms. The molecule has 5 nitrogen and oxygen atoms in total. The first-order valence-corrected chi connectivity index (χ1v) is 8.84. The van der Waals surface area contributed by atoms with E-state index in [4.69, 9.17) is 4.74 Å². The van der Waals surface area contributed by atoms with E-state index in [1.807, 2.05) is 0 Å². The zero-order valence-corrected chi connectivity index (χ0v) is 13.6. The highest BCUT2D eigenvalue weighted by molar-refractivity contribution is 7.88. The van der Waals surface area contributed by atoms with Gasteiger partial charge in [-0.05, 0) is 18.8 Å². The van der Waals surface area contributed by atoms with Gasteiger partial charge < -0.3 is 4.74 Å². The second-order valence-corrected chi connectivity index (χ2v) is 7.94. The molecule has 2 atom stereocenters. The predicted molar refractivity (Wildman–Crippen MR) is 77.7 cm³/mol. The van der Waals surface area contributed by atoms with Crippen molar-refractivity contribution in [1.29, 1.82) is 0 Å². The standard InChI is InChI=1S/C13H28N2O3S/c1-6-13(3,4)11(2)15-7-8-18-10-12(15)9-14-19(5,16)17/h11-12,14H,6-10H2,1-5H3. The number of sulfonamides is 1. The summed E-state index contributed by atoms with van der Waals surface area (Å²) in [5.41, 5.74) is 0.209. The Morgan fingerprint density at radius 2 is 2.11 bits per heavy atom. The SMILES string of the molecule is CCC(C)(C)C(C)N1CCOCC1CNS(C)(=O)=O. The van der Waals surface area contributed by atoms with Gasteiger partial charge in [-0.1, -0.05) is 20.8 Å². The summed E-state index contributed by atoms with van der Waals surface area (Å²) < 4.78 is 30.6. The van der Waals surface area contributed by atoms with Gasteiger partial charge in [-0.3, -0.25) is 4.90 Å². The van der Waals surface area contributed by atoms with Gasteiger partial charge in [0.05, 0.1) is 19.5 Å². The molecular weight excluding hydrogens is 264 g/mol. The minimum absolute atomic E-state index is 0.115. The number of nitrogens with zero attached hydrogens (tertiary/aromatic N) is 1. The van der Waals surface area contributed by atoms with E-state index in [1.165, 1.54) is 6.26 Å². The van der Waals surface area contributed by atoms with Crippen molar-refractivity contribution in [3.8, 4) is 0 Å². The lowest BCUT2D eigenvalue weighted by Crippen LogP contribution is -2.57. The lowest BCUT2D eigenvalue weighted by atomic mass is 9.81. The maximum Gasteiger partial charge on any atom is 0.208 e. The third kappa shape index (κ3) is 5.02. The van der Waals surface area contributed by atoms with Gasteiger partial charge in [0.15, 0.2) is 0 Å². The Bertz CT molecular complexity index is 381. The van der Waals surface area contributed by atoms with Gasteiger partial charge >= 0.3 is 0 Å². The fourth-order valence-electron chi connectivity index (χ4n) is 2.35. The highest BCUT2D eigenvalue weighted by Gasteiger charge is 2.35. The summed E-state index contributed by atoms with van der Waals surface area (Å²) in [6, 6.07) is 0.511. The van der Waals surface area contributed by atoms with Crippen molar-refractivity contribution < 1.29 is 13.2 Å². The maximum absolute atomic E-state index is 11.2. The topological polar surface area (TPSA) is 58.6 Å². The van der Waals surface area contributed by atoms with Crippen LogP contribution in [-0.2, 0) is 14.8 Å². The Hall–Kier alpha value is -0.170. The van der Waals surface area contributed by atoms with Crippen LogP contribution in [-0.4, -0.2) is 58.0 Å². The van der Waals surface area contributed by atoms with Crippen LogP contribution in [0.15, 0.2) is 0 Å². The summed E-state index contributed by atoms with van der Waals surface area (Å²) >= 11 is 0. The molecule has 0 bridgehead atoms. The van der Waals surface area contributed by atoms with Gasteiger partial charge in [-0.25, -0.2) is 13.1 Å². The Morgan fingerprint density at radius 1 is 1.47 bits per heavy atom. The summed E-state index contributed by atoms with van der Waals surface area (Å²) in [4.78, 5) is 2.38. The van der Waals surface area contributed by atoms with Gasteiger partial charge in [0, 0.05) is 25.2 Å². The molecule has 1 aliphatic heterocycles. The molecule has 1 saturated heterocycles. The molecular formula is C13H28N2O3S. The van der Waals surface area contributed by atoms with Crippen molar-refractivity contribution in [2.45, 2.75) is 46.2 Å². The Kier molecular flexibility index (Phi) is 5.79. The summed E-state index contributed by atoms with van der Waals surface area (Å²) in [5.74, 6) is 0. The molecule has 0 aromatic rings. The summed E-state index contributed by atoms with van der Waals surface area (Å²) in [5, 5.41) is 0. The summed E-state index contributed by atoms with van der Waals surface area (Å²) in [6.07, 6.45) is 2.29. The largest absolute Gasteiger partial charge is 0.378 e. The quantitative estimate of drug-likeness (QED) is 0.795. The molecule has 0 aliphatic carbocycles. The minimum Gasteiger partial charge on any atom is -0.378 e. The van der Waals surface area contributed by atoms with Gasteiger partial charge in [0.25, 0.3) is 0 Å². The fraction of sp³-hybridized carbons (Fsp3) is 1.00. The first-order valence-electron chi connectivity index (χ1n) is 6.95. The normalized spacial score (nSPS) is 24.4. The van der Waals surface area contributed by atoms with E-state index in [2.05, 4.69) is 37.3 Å². The van der Waals surface area contributed by atoms with Crippen molar-refractivity contribution >= 4 is 10.0 Å². The summed E-state index contributed by atoms with van der Waals surface area (Å²) in [7, 11) is -3.15. The smallest absolute Gasteiger partial charge is 0.208 e. The first-order chi connectivity index (χ1) is 8.67. The zero-order chi connectivity index (χ0) is 14.7. The molecule has 2 unspecified atom stereocenters. The molecule has 0 spiro atoms. The molecule has 0 saturated carbocycles. The summed E-state index contributed by atoms with van der Waals surface area (Å²) in [6.45, 7) is 11.5. The van der Waals surface area contributed by atoms with Crippen LogP contribution in [0.25, 0.3) is 0 Å². The number of nitrogens with one attached hydrogen (secondary N) is 1. The van der Waals surface area contributed by atoms with Gasteiger partial charge in [0.2, 0.25) is 10.0 Å². The van der Waals surface area contributed by atoms with Crippen molar-refractivity contribution in [2.75, 3.05) is 32.6 Å². The number of hydrogen-bond acceptors (Lipinski definition) is 4. The van der Waals surface area contributed by atoms with E-state index in [0.29, 0.717) is 19.2 Å². The van der Waals surface area contributed by atoms with Crippen molar-refractivity contribution in [3.05, 3.63) is 0 Å². The Balaban J connectivity index is 2.72. The number of rotatable bonds is 6. The lowest BCUT2D eigenvalue weighted by molar-refractivity contribution is -0.0487. The second kappa shape index (κ2) is 6.52. The first kappa shape index (κ1) is 16.9. The molecule has 1 aliphatic rings. The monoisotopic (exact) mass is 292 g/mol. The van der Waals surface area contributed by atoms with E-state index < -0.39 is 10.0 Å². The number of hydrogen-bond donors (Lipinski definition) is 1. The van der Waals surface area contributed by atoms with E-state index >= 15 is 0 Å². The van der Waals surface area contributed by atoms with Crippen molar-refractivity contribution in [1.82, 2.24) is 9.62 Å². The third-order valence-electron chi connectivity index (χ3n) is 4.39. The molecule has 0 aromatic carbocycles. The van der Waals surface area contributed by atoms with E-state index in [0.717, 1.165) is 19.6 Å². The maximum atomic E-state index is 11.2. The van der Waals surface area contributed by atoms with Gasteiger partial charge in [-0.2, -0.15) is 0 Å². The van der Waals surface area contributed by atoms with Crippen LogP contribution < -0.4 is 4.72 Å². The van der Waals surface area contributed by atoms with E-state index in [-0.39, 0.29) is 11.5 Å². The van der Waals surface area contributed by atoms with Crippen LogP contribution in [0, 0.1) is 5.41 Å². The zero-order valence-electron chi connectivity index (χ0n) is 12.8. The van der Waals surface area contributed by atoms with E-state index in [9.17, 15) is 8.42 Å². The Labute approximate surface area is 117 Å². The molecule has 114 valence electrons. The average Bonchev–Trinajstić information content (AvgIpc) is 2.35. The third-order valence-corrected chi connectivity index (χ3v) is 5.08. The van der Waals surface area contributed by atoms with Crippen LogP contribution in [0.3, 0.4) is 0 Å². The fourth-order valence-corrected chi connectivity index (χ4v) is 2.84. The van der Waals surface area contributed by atoms with Crippen LogP contribution in [0.5, 0.6) is 0 Å². The van der Waals surface area contributed by atoms with Crippen LogP contribution >= 0.6 is 0 Å². The minimum atomic E-state index is -3.15. The molecule has 0 radical (unpaired) electrons. The average molecular weight is 292 g/mol. The van der Waals surface area contributed by atoms with Crippen LogP contribution in [0.4, 0.5) is 0 Å². The highest BCUT2D eigenvalue weighted by atomic mass is 32.2. The van der Waals surface area contributed by atoms with Crippen molar-refractivity contribution in [2.24, 2.45) is 5.41 Å². The molecule has 0 amide bonds. The van der Waals surface area contributed by atoms with Gasteiger partial charge in [-0.15, -0.1) is 0 Å². The predicted octanol–water partition coefficient (Wildman–Crippen LogP) is 1.06. The second-order valence-electron chi connectivity index (χ2n) is 6.11. The van der Waals surface area contributed by atoms with Crippen LogP contribution in [0.2, 0.25) is 0 Å². The molecule has 1 rings (SSSR count). The molecule has 1 heterocycles. The molecule has 1 fully saturated rings. The van der Waals surface area contributed by atoms with Crippen LogP contribution in [0.1, 0.15) is 34.1 Å². The van der Waals surface area contributed by atoms with Gasteiger partial charge in [0.1, 0.15) is 0 Å². The number of morpholine rings is 1. The lowest BCUT2D eigenvalue weighted by Gasteiger charge is -2.45. The number of ether oxygens (including phenoxy) is 1. The Morgan fingerprint density at radius 3 is 2.63 bits per heavy atom. The van der Waals surface area contributed by atoms with E-state index in [1.54, 1.807) is 0 Å². The molecule has 19 heavy (non-hydrogen) atoms. The molecule has 1 N–H and O–H groups in total. The molecule has 0 aromatic heterocycles. The van der Waals surface area contributed by atoms with Crippen molar-refractivity contribution in [3.63, 3.8) is 0 Å². The highest BCUT2D eigenvalue weighted by Crippen LogP contribution is 2.30.